The number of methoxy groups -OCH3 is 2. The Morgan fingerprint density at radius 1 is 0.570 bits per heavy atom. The van der Waals surface area contributed by atoms with E-state index in [2.05, 4.69) is 132 Å². The SMILES string of the molecule is C#CC#CC#CC#CC#CC#CC#CI.CC#CI.COc1ccc(CNC(=O)c2cc(-c3ccsc3CO)cnc2OCC2CC2)cc1F.COc1sccc1B(O)O.Cc1ccc(CNC(=O)c2cc(-c3ccsc3C=O)cnc2OCC2CC2)cc1F.Cc1ccc(CNC(=O)c2cc(Br)cnc2OCC2CC2)cc1F. The standard InChI is InChI=1S/C23H23FN2O4S.C23H21FN2O3S.C18H18BrFN2O2.C14HI.C5H7BO3S.C3H3I/c1-29-20-5-4-15(8-19(20)24)10-25-22(28)18-9-16(17-6-7-31-21(17)12-27)11-26-23(18)30-13-14-2-3-14;1-14-2-3-16(8-20(14)24)10-25-22(28)19-9-17(18-6-7-30-21(18)12-27)11-26-23(19)29-13-15-4-5-15;1-11-2-3-13(6-16(11)20)8-21-17(23)15-7-14(19)9-22-18(15)24-10-12-4-5-12;1-2-3-4-5-6-7-8-9-10-11-12-13-14-15;1-9-5-4(6(7)8)2-3-10-5;1-2-3-4/h4-9,11,14,27H,2-3,10,12-13H2,1H3,(H,25,28);2-3,6-9,11-12,15H,4-5,10,13H2,1H3,(H,25,28);2-3,6-7,9,12H,4-5,8,10H2,1H3,(H,21,23);1H;2-3,7-8H,1H3;1H3. The molecular formula is C86H73BBrF3I2N6O12S3. The smallest absolute Gasteiger partial charge is 0.493 e. The molecule has 18 nitrogen and oxygen atoms in total. The number of nitrogens with zero attached hydrogens (tertiary/aromatic N) is 3. The van der Waals surface area contributed by atoms with E-state index >= 15 is 0 Å². The zero-order valence-electron chi connectivity index (χ0n) is 62.1. The largest absolute Gasteiger partial charge is 0.494 e. The average molecular weight is 1880 g/mol. The molecule has 0 atom stereocenters. The molecule has 0 aliphatic heterocycles. The van der Waals surface area contributed by atoms with Gasteiger partial charge >= 0.3 is 7.12 Å². The summed E-state index contributed by atoms with van der Waals surface area (Å²) in [4.78, 5) is 64.0. The van der Waals surface area contributed by atoms with Crippen molar-refractivity contribution in [2.75, 3.05) is 34.0 Å². The van der Waals surface area contributed by atoms with Crippen molar-refractivity contribution in [3.8, 4) is 142 Å². The highest BCUT2D eigenvalue weighted by atomic mass is 127. The number of carbonyl (C=O) groups excluding carboxylic acids is 4. The van der Waals surface area contributed by atoms with E-state index in [0.717, 1.165) is 66.4 Å². The third kappa shape index (κ3) is 31.1. The van der Waals surface area contributed by atoms with E-state index in [1.54, 1.807) is 92.4 Å². The number of nitrogens with one attached hydrogen (secondary N) is 3. The number of benzene rings is 3. The normalized spacial score (nSPS) is 11.3. The summed E-state index contributed by atoms with van der Waals surface area (Å²) < 4.78 is 74.3. The van der Waals surface area contributed by atoms with Crippen molar-refractivity contribution < 1.29 is 71.2 Å². The van der Waals surface area contributed by atoms with Crippen LogP contribution >= 0.6 is 95.1 Å². The Hall–Kier alpha value is -10.6. The Balaban J connectivity index is 0.000000203. The lowest BCUT2D eigenvalue weighted by Crippen LogP contribution is -2.29. The number of halogens is 6. The molecule has 0 spiro atoms. The van der Waals surface area contributed by atoms with Crippen LogP contribution in [0.5, 0.6) is 28.5 Å². The van der Waals surface area contributed by atoms with Crippen LogP contribution in [0.3, 0.4) is 0 Å². The van der Waals surface area contributed by atoms with Crippen LogP contribution in [0.25, 0.3) is 22.3 Å². The van der Waals surface area contributed by atoms with E-state index in [4.69, 9.17) is 40.2 Å². The van der Waals surface area contributed by atoms with Crippen LogP contribution in [0.1, 0.15) is 119 Å². The molecule has 12 rings (SSSR count). The predicted octanol–water partition coefficient (Wildman–Crippen LogP) is 14.8. The number of ether oxygens (including phenoxy) is 5. The van der Waals surface area contributed by atoms with Gasteiger partial charge < -0.3 is 54.8 Å². The second kappa shape index (κ2) is 49.2. The fourth-order valence-corrected chi connectivity index (χ4v) is 12.1. The lowest BCUT2D eigenvalue weighted by atomic mass is 9.82. The number of hydrogen-bond donors (Lipinski definition) is 6. The molecule has 3 fully saturated rings. The first-order valence-corrected chi connectivity index (χ1v) is 40.3. The molecule has 0 radical (unpaired) electrons. The molecule has 3 aliphatic carbocycles. The van der Waals surface area contributed by atoms with Gasteiger partial charge in [0.05, 0.1) is 45.5 Å². The summed E-state index contributed by atoms with van der Waals surface area (Å²) in [6.45, 7) is 7.31. The van der Waals surface area contributed by atoms with E-state index in [0.29, 0.717) is 113 Å². The topological polar surface area (TPSA) is 250 Å². The van der Waals surface area contributed by atoms with Gasteiger partial charge in [-0.15, -0.1) is 40.4 Å². The van der Waals surface area contributed by atoms with Crippen molar-refractivity contribution in [1.29, 1.82) is 0 Å². The van der Waals surface area contributed by atoms with Gasteiger partial charge in [-0.05, 0) is 282 Å². The molecule has 3 aromatic carbocycles. The van der Waals surface area contributed by atoms with Crippen molar-refractivity contribution in [1.82, 2.24) is 30.9 Å². The van der Waals surface area contributed by atoms with Crippen LogP contribution in [0.4, 0.5) is 13.2 Å². The predicted molar refractivity (Wildman–Crippen MR) is 459 cm³/mol. The Morgan fingerprint density at radius 2 is 0.991 bits per heavy atom. The third-order valence-corrected chi connectivity index (χ3v) is 19.9. The summed E-state index contributed by atoms with van der Waals surface area (Å²) in [6.07, 6.45) is 17.4. The van der Waals surface area contributed by atoms with Gasteiger partial charge in [0, 0.05) is 115 Å². The monoisotopic (exact) mass is 1880 g/mol. The Morgan fingerprint density at radius 3 is 1.39 bits per heavy atom. The van der Waals surface area contributed by atoms with Gasteiger partial charge in [0.1, 0.15) is 28.3 Å². The minimum Gasteiger partial charge on any atom is -0.494 e. The number of aliphatic hydroxyl groups is 1. The zero-order chi connectivity index (χ0) is 82.2. The summed E-state index contributed by atoms with van der Waals surface area (Å²) in [5, 5.41) is 41.4. The highest BCUT2D eigenvalue weighted by molar-refractivity contribution is 14.1. The molecule has 6 aromatic heterocycles. The Labute approximate surface area is 708 Å². The lowest BCUT2D eigenvalue weighted by Gasteiger charge is -2.13. The number of rotatable bonds is 25. The fourth-order valence-electron chi connectivity index (χ4n) is 9.42. The van der Waals surface area contributed by atoms with Gasteiger partial charge in [-0.2, -0.15) is 0 Å². The van der Waals surface area contributed by atoms with E-state index in [1.165, 1.54) is 72.5 Å². The molecule has 6 N–H and O–H groups in total. The average Bonchev–Trinajstić information content (AvgIpc) is 1.51. The molecule has 0 bridgehead atoms. The number of amides is 3. The highest BCUT2D eigenvalue weighted by Gasteiger charge is 2.28. The third-order valence-electron chi connectivity index (χ3n) is 16.0. The van der Waals surface area contributed by atoms with Crippen LogP contribution < -0.4 is 45.1 Å². The maximum Gasteiger partial charge on any atom is 0.493 e. The first-order chi connectivity index (χ1) is 55.2. The second-order valence-electron chi connectivity index (χ2n) is 24.5. The summed E-state index contributed by atoms with van der Waals surface area (Å²) in [5.41, 5.74) is 7.47. The molecule has 9 aromatic rings. The van der Waals surface area contributed by atoms with Crippen molar-refractivity contribution in [2.24, 2.45) is 17.8 Å². The number of aromatic nitrogens is 3. The highest BCUT2D eigenvalue weighted by Crippen LogP contribution is 2.36. The lowest BCUT2D eigenvalue weighted by molar-refractivity contribution is 0.0937. The maximum atomic E-state index is 13.9. The molecule has 3 amide bonds. The van der Waals surface area contributed by atoms with Crippen molar-refractivity contribution in [3.63, 3.8) is 0 Å². The molecular weight excluding hydrogens is 1810 g/mol. The van der Waals surface area contributed by atoms with E-state index in [-0.39, 0.29) is 73.1 Å². The summed E-state index contributed by atoms with van der Waals surface area (Å²) in [7, 11) is 1.47. The van der Waals surface area contributed by atoms with Gasteiger partial charge in [0.15, 0.2) is 22.9 Å². The van der Waals surface area contributed by atoms with Gasteiger partial charge in [-0.25, -0.2) is 28.1 Å². The molecule has 582 valence electrons. The first-order valence-electron chi connectivity index (χ1n) is 34.7. The Bertz CT molecular complexity index is 5360. The number of hydrogen-bond acceptors (Lipinski definition) is 18. The molecule has 114 heavy (non-hydrogen) atoms. The second-order valence-corrected chi connectivity index (χ2v) is 29.4. The summed E-state index contributed by atoms with van der Waals surface area (Å²) >= 11 is 11.3. The van der Waals surface area contributed by atoms with Crippen LogP contribution in [-0.4, -0.2) is 95.3 Å². The summed E-state index contributed by atoms with van der Waals surface area (Å²) in [6, 6.07) is 24.8. The molecule has 3 aliphatic rings. The molecule has 0 unspecified atom stereocenters. The zero-order valence-corrected chi connectivity index (χ0v) is 70.5. The minimum absolute atomic E-state index is 0.0858. The number of thiophene rings is 3. The van der Waals surface area contributed by atoms with Gasteiger partial charge in [-0.1, -0.05) is 36.3 Å². The number of terminal acetylenes is 1. The number of pyridine rings is 3. The van der Waals surface area contributed by atoms with E-state index < -0.39 is 12.9 Å². The first kappa shape index (κ1) is 90.6. The van der Waals surface area contributed by atoms with Gasteiger partial charge in [0.25, 0.3) is 17.7 Å². The number of aliphatic hydroxyl groups excluding tert-OH is 1. The van der Waals surface area contributed by atoms with E-state index in [1.807, 2.05) is 75.0 Å². The van der Waals surface area contributed by atoms with Crippen molar-refractivity contribution >= 4 is 132 Å². The quantitative estimate of drug-likeness (QED) is 0.0135. The van der Waals surface area contributed by atoms with E-state index in [9.17, 15) is 37.5 Å². The van der Waals surface area contributed by atoms with Crippen LogP contribution in [0, 0.1) is 140 Å². The minimum atomic E-state index is -1.43. The number of aldehydes is 1. The molecule has 28 heteroatoms. The van der Waals surface area contributed by atoms with Crippen LogP contribution in [0.15, 0.2) is 130 Å². The van der Waals surface area contributed by atoms with Crippen LogP contribution in [0.2, 0.25) is 0 Å². The van der Waals surface area contributed by atoms with Gasteiger partial charge in [0.2, 0.25) is 17.6 Å². The molecule has 0 saturated heterocycles. The summed E-state index contributed by atoms with van der Waals surface area (Å²) in [5.74, 6) is 32.5. The maximum absolute atomic E-state index is 13.9. The molecule has 6 heterocycles. The molecule has 3 saturated carbocycles. The Kier molecular flexibility index (Phi) is 39.1. The van der Waals surface area contributed by atoms with Crippen molar-refractivity contribution in [2.45, 2.75) is 85.5 Å². The fraction of sp³-hybridized carbons (Fsp3) is 0.244. The van der Waals surface area contributed by atoms with Crippen molar-refractivity contribution in [3.05, 3.63) is 202 Å². The van der Waals surface area contributed by atoms with Crippen LogP contribution in [-0.2, 0) is 26.2 Å². The number of aryl methyl sites for hydroxylation is 2. The van der Waals surface area contributed by atoms with Gasteiger partial charge in [-0.3, -0.25) is 19.2 Å². The number of carbonyl (C=O) groups is 4.